The first kappa shape index (κ1) is 21.0. The van der Waals surface area contributed by atoms with Gasteiger partial charge in [0.1, 0.15) is 5.82 Å². The molecule has 22 heavy (non-hydrogen) atoms. The van der Waals surface area contributed by atoms with Crippen LogP contribution in [-0.4, -0.2) is 30.0 Å². The van der Waals surface area contributed by atoms with Crippen LogP contribution in [-0.2, 0) is 11.3 Å². The highest BCUT2D eigenvalue weighted by atomic mass is 35.5. The number of carbonyl (C=O) groups is 1. The van der Waals surface area contributed by atoms with Crippen LogP contribution in [0.5, 0.6) is 0 Å². The Labute approximate surface area is 144 Å². The lowest BCUT2D eigenvalue weighted by Gasteiger charge is -2.27. The van der Waals surface area contributed by atoms with Crippen LogP contribution in [0.1, 0.15) is 38.2 Å². The highest BCUT2D eigenvalue weighted by Crippen LogP contribution is 2.17. The fraction of sp³-hybridized carbons (Fsp3) is 0.600. The van der Waals surface area contributed by atoms with E-state index in [-0.39, 0.29) is 36.8 Å². The number of piperidine rings is 1. The summed E-state index contributed by atoms with van der Waals surface area (Å²) in [6.07, 6.45) is 6.02. The lowest BCUT2D eigenvalue weighted by Crippen LogP contribution is -2.30. The number of hydrogen-bond donors (Lipinski definition) is 2. The normalized spacial score (nSPS) is 15.3. The summed E-state index contributed by atoms with van der Waals surface area (Å²) >= 11 is 0. The second-order valence-electron chi connectivity index (χ2n) is 5.53. The van der Waals surface area contributed by atoms with Gasteiger partial charge in [-0.15, -0.1) is 24.8 Å². The van der Waals surface area contributed by atoms with Gasteiger partial charge in [-0.3, -0.25) is 4.79 Å². The van der Waals surface area contributed by atoms with E-state index < -0.39 is 0 Å². The van der Waals surface area contributed by atoms with Gasteiger partial charge in [0.15, 0.2) is 0 Å². The molecule has 1 aromatic rings. The Balaban J connectivity index is 0.00000220. The van der Waals surface area contributed by atoms with Gasteiger partial charge in [-0.2, -0.15) is 0 Å². The van der Waals surface area contributed by atoms with Gasteiger partial charge in [0, 0.05) is 38.3 Å². The lowest BCUT2D eigenvalue weighted by atomic mass is 10.1. The van der Waals surface area contributed by atoms with Gasteiger partial charge >= 0.3 is 0 Å². The first-order valence-electron chi connectivity index (χ1n) is 7.37. The van der Waals surface area contributed by atoms with Crippen molar-refractivity contribution >= 4 is 36.5 Å². The Kier molecular flexibility index (Phi) is 10.1. The molecular weight excluding hydrogens is 323 g/mol. The van der Waals surface area contributed by atoms with E-state index in [2.05, 4.69) is 15.2 Å². The number of nitrogens with one attached hydrogen (secondary N) is 1. The second kappa shape index (κ2) is 10.6. The van der Waals surface area contributed by atoms with Crippen LogP contribution in [0.2, 0.25) is 0 Å². The minimum Gasteiger partial charge on any atom is -0.357 e. The molecule has 1 aliphatic rings. The maximum Gasteiger partial charge on any atom is 0.221 e. The number of nitrogens with zero attached hydrogens (tertiary/aromatic N) is 2. The summed E-state index contributed by atoms with van der Waals surface area (Å²) < 4.78 is 0. The van der Waals surface area contributed by atoms with Gasteiger partial charge in [0.25, 0.3) is 0 Å². The van der Waals surface area contributed by atoms with Crippen molar-refractivity contribution in [1.29, 1.82) is 0 Å². The smallest absolute Gasteiger partial charge is 0.221 e. The third kappa shape index (κ3) is 6.81. The molecule has 1 fully saturated rings. The Morgan fingerprint density at radius 3 is 2.55 bits per heavy atom. The summed E-state index contributed by atoms with van der Waals surface area (Å²) in [5, 5.41) is 2.86. The van der Waals surface area contributed by atoms with Crippen LogP contribution in [0, 0.1) is 0 Å². The minimum atomic E-state index is -0.102. The van der Waals surface area contributed by atoms with E-state index in [1.54, 1.807) is 0 Å². The molecule has 0 aromatic carbocycles. The molecule has 1 aromatic heterocycles. The predicted octanol–water partition coefficient (Wildman–Crippen LogP) is 2.27. The molecule has 5 nitrogen and oxygen atoms in total. The molecular formula is C15H26Cl2N4O. The Hall–Kier alpha value is -1.04. The number of aromatic nitrogens is 1. The van der Waals surface area contributed by atoms with Crippen molar-refractivity contribution in [3.8, 4) is 0 Å². The molecule has 0 bridgehead atoms. The fourth-order valence-electron chi connectivity index (χ4n) is 2.40. The number of anilines is 1. The van der Waals surface area contributed by atoms with Gasteiger partial charge < -0.3 is 16.0 Å². The molecule has 3 N–H and O–H groups in total. The molecule has 1 saturated heterocycles. The molecule has 0 spiro atoms. The zero-order valence-corrected chi connectivity index (χ0v) is 14.6. The number of amides is 1. The fourth-order valence-corrected chi connectivity index (χ4v) is 2.40. The lowest BCUT2D eigenvalue weighted by molar-refractivity contribution is -0.121. The SMILES string of the molecule is CC(N)CC(=O)NCc1ccc(N2CCCCC2)nc1.Cl.Cl. The molecule has 0 radical (unpaired) electrons. The minimum absolute atomic E-state index is 0. The second-order valence-corrected chi connectivity index (χ2v) is 5.53. The molecule has 7 heteroatoms. The van der Waals surface area contributed by atoms with Crippen LogP contribution in [0.3, 0.4) is 0 Å². The van der Waals surface area contributed by atoms with Gasteiger partial charge in [-0.25, -0.2) is 4.98 Å². The molecule has 1 aliphatic heterocycles. The summed E-state index contributed by atoms with van der Waals surface area (Å²) in [6, 6.07) is 3.97. The highest BCUT2D eigenvalue weighted by molar-refractivity contribution is 5.85. The monoisotopic (exact) mass is 348 g/mol. The van der Waals surface area contributed by atoms with Gasteiger partial charge in [0.05, 0.1) is 0 Å². The van der Waals surface area contributed by atoms with Crippen LogP contribution >= 0.6 is 24.8 Å². The Morgan fingerprint density at radius 1 is 1.32 bits per heavy atom. The summed E-state index contributed by atoms with van der Waals surface area (Å²) in [5.41, 5.74) is 6.60. The number of rotatable bonds is 5. The van der Waals surface area contributed by atoms with Crippen molar-refractivity contribution in [2.75, 3.05) is 18.0 Å². The third-order valence-corrected chi connectivity index (χ3v) is 3.49. The number of nitrogens with two attached hydrogens (primary N) is 1. The Bertz CT molecular complexity index is 434. The topological polar surface area (TPSA) is 71.2 Å². The first-order chi connectivity index (χ1) is 9.65. The van der Waals surface area contributed by atoms with E-state index >= 15 is 0 Å². The molecule has 1 unspecified atom stereocenters. The summed E-state index contributed by atoms with van der Waals surface area (Å²) in [6.45, 7) is 4.53. The maximum absolute atomic E-state index is 11.5. The molecule has 0 saturated carbocycles. The first-order valence-corrected chi connectivity index (χ1v) is 7.37. The number of hydrogen-bond acceptors (Lipinski definition) is 4. The van der Waals surface area contributed by atoms with Crippen molar-refractivity contribution in [1.82, 2.24) is 10.3 Å². The van der Waals surface area contributed by atoms with Crippen LogP contribution in [0.15, 0.2) is 18.3 Å². The van der Waals surface area contributed by atoms with E-state index in [1.165, 1.54) is 19.3 Å². The maximum atomic E-state index is 11.5. The third-order valence-electron chi connectivity index (χ3n) is 3.49. The molecule has 2 heterocycles. The quantitative estimate of drug-likeness (QED) is 0.856. The van der Waals surface area contributed by atoms with E-state index in [1.807, 2.05) is 25.3 Å². The average Bonchev–Trinajstić information content (AvgIpc) is 2.46. The molecule has 1 atom stereocenters. The molecule has 126 valence electrons. The van der Waals surface area contributed by atoms with E-state index in [0.717, 1.165) is 24.5 Å². The van der Waals surface area contributed by atoms with Crippen LogP contribution < -0.4 is 16.0 Å². The largest absolute Gasteiger partial charge is 0.357 e. The molecule has 1 amide bonds. The summed E-state index contributed by atoms with van der Waals surface area (Å²) in [5.74, 6) is 1.02. The van der Waals surface area contributed by atoms with Gasteiger partial charge in [-0.1, -0.05) is 6.07 Å². The summed E-state index contributed by atoms with van der Waals surface area (Å²) in [7, 11) is 0. The number of carbonyl (C=O) groups excluding carboxylic acids is 1. The van der Waals surface area contributed by atoms with Crippen LogP contribution in [0.4, 0.5) is 5.82 Å². The van der Waals surface area contributed by atoms with Crippen molar-refractivity contribution < 1.29 is 4.79 Å². The predicted molar refractivity (Wildman–Crippen MR) is 94.9 cm³/mol. The van der Waals surface area contributed by atoms with E-state index in [4.69, 9.17) is 5.73 Å². The van der Waals surface area contributed by atoms with Crippen molar-refractivity contribution in [3.63, 3.8) is 0 Å². The van der Waals surface area contributed by atoms with Gasteiger partial charge in [-0.05, 0) is 37.8 Å². The summed E-state index contributed by atoms with van der Waals surface area (Å²) in [4.78, 5) is 18.3. The standard InChI is InChI=1S/C15H24N4O.2ClH/c1-12(16)9-15(20)18-11-13-5-6-14(17-10-13)19-7-3-2-4-8-19;;/h5-6,10,12H,2-4,7-9,11,16H2,1H3,(H,18,20);2*1H. The zero-order valence-electron chi connectivity index (χ0n) is 13.0. The van der Waals surface area contributed by atoms with Crippen LogP contribution in [0.25, 0.3) is 0 Å². The van der Waals surface area contributed by atoms with Gasteiger partial charge in [0.2, 0.25) is 5.91 Å². The average molecular weight is 349 g/mol. The molecule has 0 aliphatic carbocycles. The molecule has 2 rings (SSSR count). The van der Waals surface area contributed by atoms with Crippen molar-refractivity contribution in [2.24, 2.45) is 5.73 Å². The zero-order chi connectivity index (χ0) is 14.4. The van der Waals surface area contributed by atoms with Crippen molar-refractivity contribution in [2.45, 2.75) is 45.2 Å². The number of halogens is 2. The Morgan fingerprint density at radius 2 is 2.00 bits per heavy atom. The highest BCUT2D eigenvalue weighted by Gasteiger charge is 2.11. The van der Waals surface area contributed by atoms with Crippen molar-refractivity contribution in [3.05, 3.63) is 23.9 Å². The number of pyridine rings is 1. The van der Waals surface area contributed by atoms with E-state index in [9.17, 15) is 4.79 Å². The van der Waals surface area contributed by atoms with E-state index in [0.29, 0.717) is 13.0 Å².